The lowest BCUT2D eigenvalue weighted by Crippen LogP contribution is -2.42. The Balaban J connectivity index is 2.63. The third kappa shape index (κ3) is 4.31. The van der Waals surface area contributed by atoms with Crippen LogP contribution in [-0.4, -0.2) is 34.9 Å². The Morgan fingerprint density at radius 1 is 1.31 bits per heavy atom. The first-order valence-electron chi connectivity index (χ1n) is 5.36. The maximum absolute atomic E-state index is 12.1. The molecule has 1 amide bonds. The molecule has 1 atom stereocenters. The zero-order valence-corrected chi connectivity index (χ0v) is 10.5. The highest BCUT2D eigenvalue weighted by Crippen LogP contribution is 2.24. The molecular formula is C10H15BrF3NO. The fraction of sp³-hybridized carbons (Fsp3) is 0.900. The van der Waals surface area contributed by atoms with Crippen molar-refractivity contribution in [3.8, 4) is 0 Å². The number of carbonyl (C=O) groups excluding carboxylic acids is 1. The Morgan fingerprint density at radius 3 is 2.56 bits per heavy atom. The highest BCUT2D eigenvalue weighted by atomic mass is 79.9. The van der Waals surface area contributed by atoms with E-state index in [0.717, 1.165) is 25.7 Å². The molecule has 0 aromatic heterocycles. The van der Waals surface area contributed by atoms with E-state index in [4.69, 9.17) is 0 Å². The maximum Gasteiger partial charge on any atom is 0.397 e. The molecule has 0 spiro atoms. The molecule has 2 nitrogen and oxygen atoms in total. The topological polar surface area (TPSA) is 20.3 Å². The molecule has 0 radical (unpaired) electrons. The lowest BCUT2D eigenvalue weighted by atomic mass is 10.1. The summed E-state index contributed by atoms with van der Waals surface area (Å²) in [7, 11) is 0. The third-order valence-corrected chi connectivity index (χ3v) is 3.47. The van der Waals surface area contributed by atoms with Gasteiger partial charge in [-0.1, -0.05) is 28.8 Å². The Kier molecular flexibility index (Phi) is 5.08. The fourth-order valence-corrected chi connectivity index (χ4v) is 2.61. The van der Waals surface area contributed by atoms with Crippen LogP contribution < -0.4 is 0 Å². The van der Waals surface area contributed by atoms with Crippen LogP contribution in [0, 0.1) is 0 Å². The minimum Gasteiger partial charge on any atom is -0.339 e. The Morgan fingerprint density at radius 2 is 2.00 bits per heavy atom. The molecule has 0 aromatic rings. The van der Waals surface area contributed by atoms with Crippen LogP contribution in [0.15, 0.2) is 0 Å². The van der Waals surface area contributed by atoms with Crippen LogP contribution in [0.3, 0.4) is 0 Å². The monoisotopic (exact) mass is 301 g/mol. The number of amides is 1. The molecular weight excluding hydrogens is 287 g/mol. The first-order chi connectivity index (χ1) is 7.44. The molecule has 1 unspecified atom stereocenters. The molecule has 0 aromatic carbocycles. The summed E-state index contributed by atoms with van der Waals surface area (Å²) in [5.41, 5.74) is 0. The van der Waals surface area contributed by atoms with E-state index >= 15 is 0 Å². The van der Waals surface area contributed by atoms with Gasteiger partial charge in [-0.2, -0.15) is 13.2 Å². The van der Waals surface area contributed by atoms with Crippen molar-refractivity contribution in [2.24, 2.45) is 0 Å². The number of likely N-dealkylation sites (tertiary alicyclic amines) is 1. The lowest BCUT2D eigenvalue weighted by molar-refractivity contribution is -0.162. The van der Waals surface area contributed by atoms with Gasteiger partial charge in [0.25, 0.3) is 0 Å². The normalized spacial score (nSPS) is 23.0. The number of rotatable bonds is 2. The number of alkyl halides is 4. The summed E-state index contributed by atoms with van der Waals surface area (Å²) >= 11 is 3.26. The van der Waals surface area contributed by atoms with Crippen molar-refractivity contribution in [1.29, 1.82) is 0 Å². The Bertz CT molecular complexity index is 245. The smallest absolute Gasteiger partial charge is 0.339 e. The third-order valence-electron chi connectivity index (χ3n) is 2.73. The minimum atomic E-state index is -4.40. The van der Waals surface area contributed by atoms with E-state index in [1.165, 1.54) is 4.90 Å². The van der Waals surface area contributed by atoms with E-state index in [1.54, 1.807) is 0 Å². The number of halogens is 4. The van der Waals surface area contributed by atoms with Gasteiger partial charge in [0.15, 0.2) is 0 Å². The Hall–Kier alpha value is -0.260. The fourth-order valence-electron chi connectivity index (χ4n) is 1.94. The van der Waals surface area contributed by atoms with Gasteiger partial charge in [-0.15, -0.1) is 0 Å². The van der Waals surface area contributed by atoms with Crippen molar-refractivity contribution in [2.45, 2.75) is 44.3 Å². The molecule has 1 aliphatic heterocycles. The van der Waals surface area contributed by atoms with Gasteiger partial charge in [-0.3, -0.25) is 4.79 Å². The van der Waals surface area contributed by atoms with E-state index < -0.39 is 18.5 Å². The van der Waals surface area contributed by atoms with Crippen LogP contribution in [0.5, 0.6) is 0 Å². The SMILES string of the molecule is O=C(CC(F)(F)F)N1CCCCCC1CBr. The summed E-state index contributed by atoms with van der Waals surface area (Å²) < 4.78 is 36.4. The van der Waals surface area contributed by atoms with E-state index in [2.05, 4.69) is 15.9 Å². The highest BCUT2D eigenvalue weighted by Gasteiger charge is 2.35. The Labute approximate surface area is 101 Å². The van der Waals surface area contributed by atoms with Crippen molar-refractivity contribution in [1.82, 2.24) is 4.90 Å². The molecule has 0 N–H and O–H groups in total. The van der Waals surface area contributed by atoms with Gasteiger partial charge in [-0.25, -0.2) is 0 Å². The van der Waals surface area contributed by atoms with E-state index in [1.807, 2.05) is 0 Å². The van der Waals surface area contributed by atoms with Crippen molar-refractivity contribution >= 4 is 21.8 Å². The quantitative estimate of drug-likeness (QED) is 0.718. The second-order valence-electron chi connectivity index (χ2n) is 4.04. The molecule has 1 fully saturated rings. The van der Waals surface area contributed by atoms with E-state index in [0.29, 0.717) is 11.9 Å². The lowest BCUT2D eigenvalue weighted by Gasteiger charge is -2.29. The molecule has 1 saturated heterocycles. The average molecular weight is 302 g/mol. The molecule has 6 heteroatoms. The molecule has 94 valence electrons. The summed E-state index contributed by atoms with van der Waals surface area (Å²) in [6.45, 7) is 0.450. The van der Waals surface area contributed by atoms with Gasteiger partial charge < -0.3 is 4.90 Å². The van der Waals surface area contributed by atoms with Crippen molar-refractivity contribution in [2.75, 3.05) is 11.9 Å². The zero-order valence-electron chi connectivity index (χ0n) is 8.89. The number of nitrogens with zero attached hydrogens (tertiary/aromatic N) is 1. The number of hydrogen-bond donors (Lipinski definition) is 0. The average Bonchev–Trinajstić information content (AvgIpc) is 2.39. The van der Waals surface area contributed by atoms with Gasteiger partial charge in [0.1, 0.15) is 6.42 Å². The van der Waals surface area contributed by atoms with Gasteiger partial charge >= 0.3 is 6.18 Å². The molecule has 0 bridgehead atoms. The zero-order chi connectivity index (χ0) is 12.2. The van der Waals surface area contributed by atoms with E-state index in [-0.39, 0.29) is 6.04 Å². The second kappa shape index (κ2) is 5.89. The van der Waals surface area contributed by atoms with Gasteiger partial charge in [-0.05, 0) is 12.8 Å². The van der Waals surface area contributed by atoms with Crippen LogP contribution in [0.4, 0.5) is 13.2 Å². The van der Waals surface area contributed by atoms with Crippen molar-refractivity contribution < 1.29 is 18.0 Å². The predicted molar refractivity (Wildman–Crippen MR) is 58.4 cm³/mol. The summed E-state index contributed by atoms with van der Waals surface area (Å²) in [6, 6.07) is -0.0858. The maximum atomic E-state index is 12.1. The molecule has 0 saturated carbocycles. The van der Waals surface area contributed by atoms with Crippen LogP contribution in [0.25, 0.3) is 0 Å². The second-order valence-corrected chi connectivity index (χ2v) is 4.68. The van der Waals surface area contributed by atoms with E-state index in [9.17, 15) is 18.0 Å². The van der Waals surface area contributed by atoms with Crippen LogP contribution in [0.1, 0.15) is 32.1 Å². The molecule has 0 aliphatic carbocycles. The number of carbonyl (C=O) groups is 1. The molecule has 16 heavy (non-hydrogen) atoms. The summed E-state index contributed by atoms with van der Waals surface area (Å²) in [4.78, 5) is 12.9. The summed E-state index contributed by atoms with van der Waals surface area (Å²) in [6.07, 6.45) is -2.19. The number of hydrogen-bond acceptors (Lipinski definition) is 1. The minimum absolute atomic E-state index is 0.0858. The van der Waals surface area contributed by atoms with Crippen molar-refractivity contribution in [3.63, 3.8) is 0 Å². The summed E-state index contributed by atoms with van der Waals surface area (Å²) in [5.74, 6) is -0.793. The van der Waals surface area contributed by atoms with Crippen LogP contribution in [0.2, 0.25) is 0 Å². The predicted octanol–water partition coefficient (Wildman–Crippen LogP) is 3.10. The van der Waals surface area contributed by atoms with Crippen LogP contribution >= 0.6 is 15.9 Å². The highest BCUT2D eigenvalue weighted by molar-refractivity contribution is 9.09. The van der Waals surface area contributed by atoms with Crippen molar-refractivity contribution in [3.05, 3.63) is 0 Å². The van der Waals surface area contributed by atoms with Gasteiger partial charge in [0, 0.05) is 17.9 Å². The summed E-state index contributed by atoms with van der Waals surface area (Å²) in [5, 5.41) is 0.552. The molecule has 1 aliphatic rings. The standard InChI is InChI=1S/C10H15BrF3NO/c11-7-8-4-2-1-3-5-15(8)9(16)6-10(12,13)14/h8H,1-7H2. The molecule has 1 heterocycles. The van der Waals surface area contributed by atoms with Crippen LogP contribution in [-0.2, 0) is 4.79 Å². The molecule has 1 rings (SSSR count). The first-order valence-corrected chi connectivity index (χ1v) is 6.48. The van der Waals surface area contributed by atoms with Gasteiger partial charge in [0.05, 0.1) is 0 Å². The first kappa shape index (κ1) is 13.8. The van der Waals surface area contributed by atoms with Gasteiger partial charge in [0.2, 0.25) is 5.91 Å². The largest absolute Gasteiger partial charge is 0.397 e.